The Kier molecular flexibility index (Phi) is 2.99. The number of nitrogens with two attached hydrogens (primary N) is 1. The summed E-state index contributed by atoms with van der Waals surface area (Å²) in [6.45, 7) is 5.95. The van der Waals surface area contributed by atoms with Gasteiger partial charge in [-0.25, -0.2) is 8.42 Å². The van der Waals surface area contributed by atoms with Crippen LogP contribution < -0.4 is 10.6 Å². The second-order valence-electron chi connectivity index (χ2n) is 5.58. The highest BCUT2D eigenvalue weighted by Crippen LogP contribution is 2.48. The lowest BCUT2D eigenvalue weighted by atomic mass is 10.1. The maximum absolute atomic E-state index is 12.8. The van der Waals surface area contributed by atoms with E-state index in [1.807, 2.05) is 37.8 Å². The van der Waals surface area contributed by atoms with Crippen LogP contribution in [0.15, 0.2) is 46.2 Å². The Hall–Kier alpha value is -2.01. The van der Waals surface area contributed by atoms with Crippen LogP contribution in [0.3, 0.4) is 0 Å². The Morgan fingerprint density at radius 1 is 1.05 bits per heavy atom. The maximum atomic E-state index is 12.8. The van der Waals surface area contributed by atoms with Crippen molar-refractivity contribution in [2.24, 2.45) is 0 Å². The van der Waals surface area contributed by atoms with Crippen molar-refractivity contribution in [2.45, 2.75) is 36.6 Å². The van der Waals surface area contributed by atoms with Crippen molar-refractivity contribution in [1.29, 1.82) is 0 Å². The van der Waals surface area contributed by atoms with Crippen LogP contribution in [0, 0.1) is 6.92 Å². The van der Waals surface area contributed by atoms with Gasteiger partial charge in [0.1, 0.15) is 0 Å². The fourth-order valence-electron chi connectivity index (χ4n) is 2.81. The minimum atomic E-state index is -3.53. The van der Waals surface area contributed by atoms with Crippen molar-refractivity contribution in [3.63, 3.8) is 0 Å². The number of fused-ring (bicyclic) bond motifs is 2. The first kappa shape index (κ1) is 13.9. The van der Waals surface area contributed by atoms with Crippen LogP contribution in [-0.4, -0.2) is 14.5 Å². The van der Waals surface area contributed by atoms with E-state index in [1.165, 1.54) is 0 Å². The number of hydrogen-bond acceptors (Lipinski definition) is 4. The molecule has 2 aromatic carbocycles. The molecule has 1 heterocycles. The molecule has 21 heavy (non-hydrogen) atoms. The smallest absolute Gasteiger partial charge is 0.210 e. The summed E-state index contributed by atoms with van der Waals surface area (Å²) in [5.74, 6) is 0. The Balaban J connectivity index is 2.46. The molecule has 0 bridgehead atoms. The molecular formula is C16H18N2O2S. The summed E-state index contributed by atoms with van der Waals surface area (Å²) in [5.41, 5.74) is 8.91. The Morgan fingerprint density at radius 2 is 1.71 bits per heavy atom. The predicted octanol–water partition coefficient (Wildman–Crippen LogP) is 3.27. The maximum Gasteiger partial charge on any atom is 0.210 e. The lowest BCUT2D eigenvalue weighted by Gasteiger charge is -2.37. The number of hydrogen-bond donors (Lipinski definition) is 1. The third-order valence-corrected chi connectivity index (χ3v) is 5.69. The number of anilines is 3. The average molecular weight is 302 g/mol. The van der Waals surface area contributed by atoms with Crippen LogP contribution in [0.5, 0.6) is 0 Å². The van der Waals surface area contributed by atoms with Gasteiger partial charge in [0.05, 0.1) is 26.9 Å². The molecule has 110 valence electrons. The van der Waals surface area contributed by atoms with Crippen LogP contribution in [0.2, 0.25) is 0 Å². The lowest BCUT2D eigenvalue weighted by Crippen LogP contribution is -2.32. The van der Waals surface area contributed by atoms with E-state index < -0.39 is 9.84 Å². The number of nitrogen functional groups attached to an aromatic ring is 1. The van der Waals surface area contributed by atoms with E-state index in [4.69, 9.17) is 5.73 Å². The van der Waals surface area contributed by atoms with Gasteiger partial charge in [0.25, 0.3) is 0 Å². The van der Waals surface area contributed by atoms with Crippen molar-refractivity contribution in [3.05, 3.63) is 42.0 Å². The molecule has 0 saturated heterocycles. The highest BCUT2D eigenvalue weighted by Gasteiger charge is 2.36. The van der Waals surface area contributed by atoms with Crippen LogP contribution in [-0.2, 0) is 9.84 Å². The number of nitrogens with zero attached hydrogens (tertiary/aromatic N) is 1. The molecule has 3 rings (SSSR count). The zero-order chi connectivity index (χ0) is 15.4. The summed E-state index contributed by atoms with van der Waals surface area (Å²) in [5, 5.41) is 0. The van der Waals surface area contributed by atoms with Gasteiger partial charge in [-0.15, -0.1) is 0 Å². The van der Waals surface area contributed by atoms with Crippen molar-refractivity contribution >= 4 is 26.9 Å². The normalized spacial score (nSPS) is 15.7. The summed E-state index contributed by atoms with van der Waals surface area (Å²) in [6, 6.07) is 10.6. The van der Waals surface area contributed by atoms with Gasteiger partial charge in [0.15, 0.2) is 0 Å². The molecule has 1 aliphatic heterocycles. The largest absolute Gasteiger partial charge is 0.397 e. The molecule has 2 aromatic rings. The van der Waals surface area contributed by atoms with Gasteiger partial charge in [0, 0.05) is 6.04 Å². The summed E-state index contributed by atoms with van der Waals surface area (Å²) in [4.78, 5) is 2.64. The van der Waals surface area contributed by atoms with Crippen LogP contribution in [0.4, 0.5) is 17.1 Å². The van der Waals surface area contributed by atoms with E-state index in [0.717, 1.165) is 5.56 Å². The zero-order valence-corrected chi connectivity index (χ0v) is 13.1. The second kappa shape index (κ2) is 4.49. The van der Waals surface area contributed by atoms with Crippen molar-refractivity contribution in [3.8, 4) is 0 Å². The molecule has 0 spiro atoms. The first-order chi connectivity index (χ1) is 9.85. The number of rotatable bonds is 1. The average Bonchev–Trinajstić information content (AvgIpc) is 2.43. The summed E-state index contributed by atoms with van der Waals surface area (Å²) in [6.07, 6.45) is 0. The first-order valence-corrected chi connectivity index (χ1v) is 8.36. The second-order valence-corrected chi connectivity index (χ2v) is 7.46. The van der Waals surface area contributed by atoms with Gasteiger partial charge in [-0.05, 0) is 44.5 Å². The number of sulfone groups is 1. The van der Waals surface area contributed by atoms with Crippen molar-refractivity contribution < 1.29 is 8.42 Å². The fraction of sp³-hybridized carbons (Fsp3) is 0.250. The third-order valence-electron chi connectivity index (χ3n) is 3.86. The molecule has 0 saturated carbocycles. The van der Waals surface area contributed by atoms with E-state index in [2.05, 4.69) is 0 Å². The Bertz CT molecular complexity index is 826. The quantitative estimate of drug-likeness (QED) is 0.821. The molecule has 0 aromatic heterocycles. The van der Waals surface area contributed by atoms with Gasteiger partial charge >= 0.3 is 0 Å². The molecule has 0 atom stereocenters. The topological polar surface area (TPSA) is 63.4 Å². The summed E-state index contributed by atoms with van der Waals surface area (Å²) < 4.78 is 25.7. The fourth-order valence-corrected chi connectivity index (χ4v) is 4.46. The Labute approximate surface area is 125 Å². The molecule has 0 fully saturated rings. The summed E-state index contributed by atoms with van der Waals surface area (Å²) >= 11 is 0. The van der Waals surface area contributed by atoms with E-state index in [1.54, 1.807) is 24.3 Å². The molecular weight excluding hydrogens is 284 g/mol. The molecule has 1 aliphatic rings. The molecule has 5 heteroatoms. The van der Waals surface area contributed by atoms with Crippen molar-refractivity contribution in [2.75, 3.05) is 10.6 Å². The van der Waals surface area contributed by atoms with Crippen molar-refractivity contribution in [1.82, 2.24) is 0 Å². The van der Waals surface area contributed by atoms with Crippen LogP contribution >= 0.6 is 0 Å². The van der Waals surface area contributed by atoms with E-state index in [0.29, 0.717) is 22.0 Å². The molecule has 0 aliphatic carbocycles. The third kappa shape index (κ3) is 1.84. The molecule has 0 amide bonds. The summed E-state index contributed by atoms with van der Waals surface area (Å²) in [7, 11) is -3.53. The van der Waals surface area contributed by atoms with Gasteiger partial charge in [0.2, 0.25) is 9.84 Å². The lowest BCUT2D eigenvalue weighted by molar-refractivity contribution is 0.592. The molecule has 2 N–H and O–H groups in total. The SMILES string of the molecule is Cc1ccc2c(c1N)N(C(C)C)c1ccccc1S2(=O)=O. The van der Waals surface area contributed by atoms with E-state index in [-0.39, 0.29) is 10.9 Å². The molecule has 0 unspecified atom stereocenters. The number of benzene rings is 2. The number of aryl methyl sites for hydroxylation is 1. The van der Waals surface area contributed by atoms with Gasteiger partial charge in [-0.2, -0.15) is 0 Å². The van der Waals surface area contributed by atoms with Gasteiger partial charge in [-0.3, -0.25) is 0 Å². The highest BCUT2D eigenvalue weighted by molar-refractivity contribution is 7.92. The minimum absolute atomic E-state index is 0.101. The molecule has 0 radical (unpaired) electrons. The van der Waals surface area contributed by atoms with Crippen LogP contribution in [0.25, 0.3) is 0 Å². The predicted molar refractivity (Wildman–Crippen MR) is 84.8 cm³/mol. The van der Waals surface area contributed by atoms with Gasteiger partial charge < -0.3 is 10.6 Å². The molecule has 4 nitrogen and oxygen atoms in total. The first-order valence-electron chi connectivity index (χ1n) is 6.88. The highest BCUT2D eigenvalue weighted by atomic mass is 32.2. The zero-order valence-electron chi connectivity index (χ0n) is 12.3. The minimum Gasteiger partial charge on any atom is -0.397 e. The van der Waals surface area contributed by atoms with Crippen LogP contribution in [0.1, 0.15) is 19.4 Å². The standard InChI is InChI=1S/C16H18N2O2S/c1-10(2)18-12-6-4-5-7-13(12)21(19,20)14-9-8-11(3)15(17)16(14)18/h4-10H,17H2,1-3H3. The van der Waals surface area contributed by atoms with E-state index in [9.17, 15) is 8.42 Å². The monoisotopic (exact) mass is 302 g/mol. The van der Waals surface area contributed by atoms with E-state index >= 15 is 0 Å². The van der Waals surface area contributed by atoms with Gasteiger partial charge in [-0.1, -0.05) is 18.2 Å². The number of para-hydroxylation sites is 1. The Morgan fingerprint density at radius 3 is 2.38 bits per heavy atom.